The van der Waals surface area contributed by atoms with E-state index in [9.17, 15) is 14.4 Å². The molecule has 3 N–H and O–H groups in total. The van der Waals surface area contributed by atoms with E-state index in [0.29, 0.717) is 5.69 Å². The summed E-state index contributed by atoms with van der Waals surface area (Å²) in [6.45, 7) is 1.31. The maximum Gasteiger partial charge on any atom is 0.327 e. The number of hydrogen-bond donors (Lipinski definition) is 3. The van der Waals surface area contributed by atoms with Crippen molar-refractivity contribution >= 4 is 23.5 Å². The molecule has 1 rings (SSSR count). The molecule has 0 spiro atoms. The molecular weight excluding hydrogens is 260 g/mol. The molecule has 104 valence electrons. The fourth-order valence-corrected chi connectivity index (χ4v) is 1.53. The van der Waals surface area contributed by atoms with Crippen LogP contribution < -0.4 is 10.6 Å². The van der Waals surface area contributed by atoms with Crippen LogP contribution in [0.25, 0.3) is 0 Å². The third-order valence-electron chi connectivity index (χ3n) is 2.41. The summed E-state index contributed by atoms with van der Waals surface area (Å²) in [5, 5.41) is 13.8. The molecule has 0 fully saturated rings. The van der Waals surface area contributed by atoms with Crippen molar-refractivity contribution in [1.82, 2.24) is 5.32 Å². The highest BCUT2D eigenvalue weighted by molar-refractivity contribution is 6.04. The third-order valence-corrected chi connectivity index (χ3v) is 2.41. The maximum absolute atomic E-state index is 12.0. The van der Waals surface area contributed by atoms with E-state index in [2.05, 4.69) is 16.6 Å². The fraction of sp³-hybridized carbons (Fsp3) is 0.214. The summed E-state index contributed by atoms with van der Waals surface area (Å²) >= 11 is 0. The van der Waals surface area contributed by atoms with Crippen molar-refractivity contribution in [1.29, 1.82) is 0 Å². The number of rotatable bonds is 5. The lowest BCUT2D eigenvalue weighted by molar-refractivity contribution is -0.139. The van der Waals surface area contributed by atoms with Crippen molar-refractivity contribution in [2.24, 2.45) is 0 Å². The van der Waals surface area contributed by atoms with Crippen molar-refractivity contribution in [3.05, 3.63) is 29.8 Å². The van der Waals surface area contributed by atoms with Crippen LogP contribution in [0.15, 0.2) is 24.3 Å². The van der Waals surface area contributed by atoms with Gasteiger partial charge in [-0.2, -0.15) is 0 Å². The van der Waals surface area contributed by atoms with Crippen molar-refractivity contribution in [3.8, 4) is 12.3 Å². The Bertz CT molecular complexity index is 575. The zero-order valence-corrected chi connectivity index (χ0v) is 10.8. The van der Waals surface area contributed by atoms with Crippen LogP contribution in [0.2, 0.25) is 0 Å². The minimum Gasteiger partial charge on any atom is -0.480 e. The number of carbonyl (C=O) groups is 3. The van der Waals surface area contributed by atoms with Crippen molar-refractivity contribution < 1.29 is 19.5 Å². The number of carboxylic acid groups (broad SMARTS) is 1. The Morgan fingerprint density at radius 1 is 1.35 bits per heavy atom. The number of terminal acetylenes is 1. The van der Waals surface area contributed by atoms with Gasteiger partial charge in [-0.1, -0.05) is 12.1 Å². The van der Waals surface area contributed by atoms with E-state index < -0.39 is 17.9 Å². The molecule has 0 radical (unpaired) electrons. The van der Waals surface area contributed by atoms with Crippen LogP contribution in [-0.2, 0) is 9.59 Å². The summed E-state index contributed by atoms with van der Waals surface area (Å²) in [5.74, 6) is 0.0291. The number of carbonyl (C=O) groups excluding carboxylic acids is 2. The van der Waals surface area contributed by atoms with Gasteiger partial charge >= 0.3 is 5.97 Å². The largest absolute Gasteiger partial charge is 0.480 e. The minimum absolute atomic E-state index is 0.122. The first kappa shape index (κ1) is 15.2. The minimum atomic E-state index is -1.21. The van der Waals surface area contributed by atoms with E-state index in [4.69, 9.17) is 11.5 Å². The van der Waals surface area contributed by atoms with Crippen LogP contribution in [-0.4, -0.2) is 28.9 Å². The molecule has 0 bridgehead atoms. The van der Waals surface area contributed by atoms with Crippen LogP contribution in [0.1, 0.15) is 23.7 Å². The molecule has 0 unspecified atom stereocenters. The first-order chi connectivity index (χ1) is 9.45. The first-order valence-electron chi connectivity index (χ1n) is 5.79. The molecule has 1 aromatic rings. The average molecular weight is 274 g/mol. The molecule has 20 heavy (non-hydrogen) atoms. The number of anilines is 1. The highest BCUT2D eigenvalue weighted by Crippen LogP contribution is 2.15. The molecule has 0 saturated heterocycles. The van der Waals surface area contributed by atoms with E-state index in [1.807, 2.05) is 0 Å². The van der Waals surface area contributed by atoms with Crippen molar-refractivity contribution in [2.75, 3.05) is 5.32 Å². The quantitative estimate of drug-likeness (QED) is 0.694. The lowest BCUT2D eigenvalue weighted by Gasteiger charge is -2.14. The Balaban J connectivity index is 2.94. The summed E-state index contributed by atoms with van der Waals surface area (Å²) in [5.41, 5.74) is 0.480. The van der Waals surface area contributed by atoms with Gasteiger partial charge in [0.25, 0.3) is 5.91 Å². The van der Waals surface area contributed by atoms with Crippen LogP contribution in [0.3, 0.4) is 0 Å². The van der Waals surface area contributed by atoms with Gasteiger partial charge in [0.2, 0.25) is 5.91 Å². The monoisotopic (exact) mass is 274 g/mol. The van der Waals surface area contributed by atoms with Gasteiger partial charge in [0.15, 0.2) is 0 Å². The third kappa shape index (κ3) is 4.14. The predicted molar refractivity (Wildman–Crippen MR) is 73.1 cm³/mol. The van der Waals surface area contributed by atoms with E-state index in [0.717, 1.165) is 0 Å². The molecule has 0 heterocycles. The van der Waals surface area contributed by atoms with Crippen LogP contribution >= 0.6 is 0 Å². The predicted octanol–water partition coefficient (Wildman–Crippen LogP) is 0.851. The van der Waals surface area contributed by atoms with Gasteiger partial charge in [-0.15, -0.1) is 12.3 Å². The smallest absolute Gasteiger partial charge is 0.327 e. The van der Waals surface area contributed by atoms with Crippen molar-refractivity contribution in [2.45, 2.75) is 19.4 Å². The second-order valence-electron chi connectivity index (χ2n) is 4.00. The molecule has 0 saturated carbocycles. The molecule has 1 atom stereocenters. The van der Waals surface area contributed by atoms with Gasteiger partial charge < -0.3 is 15.7 Å². The Morgan fingerprint density at radius 3 is 2.55 bits per heavy atom. The van der Waals surface area contributed by atoms with Gasteiger partial charge in [-0.25, -0.2) is 4.79 Å². The Hall–Kier alpha value is -2.81. The number of benzene rings is 1. The van der Waals surface area contributed by atoms with Gasteiger partial charge in [-0.05, 0) is 12.1 Å². The topological polar surface area (TPSA) is 95.5 Å². The van der Waals surface area contributed by atoms with Crippen LogP contribution in [0, 0.1) is 12.3 Å². The summed E-state index contributed by atoms with van der Waals surface area (Å²) < 4.78 is 0. The van der Waals surface area contributed by atoms with Crippen molar-refractivity contribution in [3.63, 3.8) is 0 Å². The number of carboxylic acids is 1. The fourth-order valence-electron chi connectivity index (χ4n) is 1.53. The summed E-state index contributed by atoms with van der Waals surface area (Å²) in [6, 6.07) is 5.12. The Morgan fingerprint density at radius 2 is 2.00 bits per heavy atom. The molecule has 0 aliphatic heterocycles. The number of amides is 2. The zero-order chi connectivity index (χ0) is 15.1. The number of hydrogen-bond acceptors (Lipinski definition) is 3. The summed E-state index contributed by atoms with van der Waals surface area (Å²) in [6.07, 6.45) is 4.93. The second-order valence-corrected chi connectivity index (χ2v) is 4.00. The van der Waals surface area contributed by atoms with E-state index in [1.54, 1.807) is 18.2 Å². The lowest BCUT2D eigenvalue weighted by Crippen LogP contribution is -2.40. The molecule has 6 nitrogen and oxygen atoms in total. The molecule has 6 heteroatoms. The summed E-state index contributed by atoms with van der Waals surface area (Å²) in [4.78, 5) is 34.0. The Kier molecular flexibility index (Phi) is 5.30. The SMILES string of the molecule is C#CC[C@H](NC(=O)c1ccccc1NC(C)=O)C(=O)O. The summed E-state index contributed by atoms with van der Waals surface area (Å²) in [7, 11) is 0. The highest BCUT2D eigenvalue weighted by atomic mass is 16.4. The van der Waals surface area contributed by atoms with E-state index >= 15 is 0 Å². The van der Waals surface area contributed by atoms with Gasteiger partial charge in [0.1, 0.15) is 6.04 Å². The standard InChI is InChI=1S/C14H14N2O4/c1-3-6-12(14(19)20)16-13(18)10-7-4-5-8-11(10)15-9(2)17/h1,4-5,7-8,12H,6H2,2H3,(H,15,17)(H,16,18)(H,19,20)/t12-/m0/s1. The van der Waals surface area contributed by atoms with E-state index in [1.165, 1.54) is 13.0 Å². The number of aliphatic carboxylic acids is 1. The van der Waals surface area contributed by atoms with Gasteiger partial charge in [0, 0.05) is 13.3 Å². The average Bonchev–Trinajstić information content (AvgIpc) is 2.37. The first-order valence-corrected chi connectivity index (χ1v) is 5.79. The Labute approximate surface area is 116 Å². The van der Waals surface area contributed by atoms with Gasteiger partial charge in [-0.3, -0.25) is 9.59 Å². The maximum atomic E-state index is 12.0. The normalized spacial score (nSPS) is 11.0. The van der Waals surface area contributed by atoms with Gasteiger partial charge in [0.05, 0.1) is 11.3 Å². The number of nitrogens with one attached hydrogen (secondary N) is 2. The lowest BCUT2D eigenvalue weighted by atomic mass is 10.1. The number of para-hydroxylation sites is 1. The molecular formula is C14H14N2O4. The van der Waals surface area contributed by atoms with Crippen LogP contribution in [0.4, 0.5) is 5.69 Å². The zero-order valence-electron chi connectivity index (χ0n) is 10.8. The molecule has 1 aromatic carbocycles. The molecule has 0 aliphatic carbocycles. The molecule has 0 aliphatic rings. The molecule has 2 amide bonds. The molecule has 0 aromatic heterocycles. The van der Waals surface area contributed by atoms with Crippen LogP contribution in [0.5, 0.6) is 0 Å². The highest BCUT2D eigenvalue weighted by Gasteiger charge is 2.21. The second kappa shape index (κ2) is 6.95. The van der Waals surface area contributed by atoms with E-state index in [-0.39, 0.29) is 17.9 Å².